The maximum Gasteiger partial charge on any atom is 0.239 e. The van der Waals surface area contributed by atoms with Crippen LogP contribution in [0.1, 0.15) is 40.0 Å². The van der Waals surface area contributed by atoms with Crippen LogP contribution >= 0.6 is 0 Å². The number of nitriles is 1. The monoisotopic (exact) mass is 237 g/mol. The molecule has 1 N–H and O–H groups in total. The third-order valence-corrected chi connectivity index (χ3v) is 3.50. The molecule has 0 aromatic heterocycles. The van der Waals surface area contributed by atoms with Crippen molar-refractivity contribution in [3.63, 3.8) is 0 Å². The van der Waals surface area contributed by atoms with Crippen LogP contribution in [-0.2, 0) is 4.79 Å². The van der Waals surface area contributed by atoms with E-state index in [2.05, 4.69) is 17.1 Å². The zero-order valence-corrected chi connectivity index (χ0v) is 11.1. The molecule has 1 fully saturated rings. The number of hydrogen-bond donors (Lipinski definition) is 1. The van der Waals surface area contributed by atoms with E-state index in [1.807, 2.05) is 6.07 Å². The zero-order chi connectivity index (χ0) is 12.9. The number of nitrogens with zero attached hydrogens (tertiary/aromatic N) is 2. The molecule has 1 heterocycles. The first-order chi connectivity index (χ1) is 8.01. The van der Waals surface area contributed by atoms with Gasteiger partial charge in [-0.25, -0.2) is 0 Å². The summed E-state index contributed by atoms with van der Waals surface area (Å²) in [4.78, 5) is 14.2. The fourth-order valence-corrected chi connectivity index (χ4v) is 2.19. The third-order valence-electron chi connectivity index (χ3n) is 3.50. The summed E-state index contributed by atoms with van der Waals surface area (Å²) >= 11 is 0. The first kappa shape index (κ1) is 14.0. The van der Waals surface area contributed by atoms with E-state index < -0.39 is 5.41 Å². The van der Waals surface area contributed by atoms with Crippen LogP contribution in [0.3, 0.4) is 0 Å². The molecular weight excluding hydrogens is 214 g/mol. The number of hydrogen-bond acceptors (Lipinski definition) is 3. The maximum absolute atomic E-state index is 11.8. The number of piperidine rings is 1. The molecular formula is C13H23N3O. The predicted molar refractivity (Wildman–Crippen MR) is 67.3 cm³/mol. The smallest absolute Gasteiger partial charge is 0.239 e. The average molecular weight is 237 g/mol. The van der Waals surface area contributed by atoms with Crippen LogP contribution in [-0.4, -0.2) is 36.5 Å². The predicted octanol–water partition coefficient (Wildman–Crippen LogP) is 1.53. The van der Waals surface area contributed by atoms with Crippen molar-refractivity contribution in [3.8, 4) is 6.07 Å². The minimum atomic E-state index is -0.925. The van der Waals surface area contributed by atoms with Gasteiger partial charge in [-0.05, 0) is 39.8 Å². The van der Waals surface area contributed by atoms with Gasteiger partial charge in [-0.2, -0.15) is 5.26 Å². The minimum Gasteiger partial charge on any atom is -0.353 e. The van der Waals surface area contributed by atoms with E-state index in [1.54, 1.807) is 13.8 Å². The van der Waals surface area contributed by atoms with Crippen LogP contribution < -0.4 is 5.32 Å². The van der Waals surface area contributed by atoms with Crippen LogP contribution in [0.15, 0.2) is 0 Å². The lowest BCUT2D eigenvalue weighted by molar-refractivity contribution is -0.127. The number of carbonyl (C=O) groups is 1. The summed E-state index contributed by atoms with van der Waals surface area (Å²) in [6, 6.07) is 2.47. The molecule has 1 rings (SSSR count). The Kier molecular flexibility index (Phi) is 4.95. The second kappa shape index (κ2) is 6.02. The second-order valence-corrected chi connectivity index (χ2v) is 5.23. The highest BCUT2D eigenvalue weighted by Crippen LogP contribution is 2.17. The molecule has 1 unspecified atom stereocenters. The Morgan fingerprint density at radius 2 is 2.24 bits per heavy atom. The molecule has 17 heavy (non-hydrogen) atoms. The Morgan fingerprint density at radius 1 is 1.53 bits per heavy atom. The number of likely N-dealkylation sites (tertiary alicyclic amines) is 1. The molecule has 96 valence electrons. The summed E-state index contributed by atoms with van der Waals surface area (Å²) in [6.07, 6.45) is 3.63. The highest BCUT2D eigenvalue weighted by Gasteiger charge is 2.28. The van der Waals surface area contributed by atoms with Crippen molar-refractivity contribution in [2.24, 2.45) is 5.41 Å². The molecule has 0 aliphatic carbocycles. The zero-order valence-electron chi connectivity index (χ0n) is 11.1. The quantitative estimate of drug-likeness (QED) is 0.806. The van der Waals surface area contributed by atoms with Crippen molar-refractivity contribution < 1.29 is 4.79 Å². The maximum atomic E-state index is 11.8. The molecule has 0 radical (unpaired) electrons. The fourth-order valence-electron chi connectivity index (χ4n) is 2.19. The lowest BCUT2D eigenvalue weighted by atomic mass is 9.94. The topological polar surface area (TPSA) is 56.1 Å². The van der Waals surface area contributed by atoms with Gasteiger partial charge in [0.25, 0.3) is 0 Å². The Morgan fingerprint density at radius 3 is 2.82 bits per heavy atom. The molecule has 4 nitrogen and oxygen atoms in total. The molecule has 1 amide bonds. The molecule has 1 aliphatic rings. The van der Waals surface area contributed by atoms with Crippen molar-refractivity contribution in [2.45, 2.75) is 46.1 Å². The van der Waals surface area contributed by atoms with Gasteiger partial charge in [0.1, 0.15) is 5.41 Å². The SMILES string of the molecule is CCN1CCCCC1CNC(=O)C(C)(C)C#N. The van der Waals surface area contributed by atoms with Gasteiger partial charge in [0.2, 0.25) is 5.91 Å². The first-order valence-corrected chi connectivity index (χ1v) is 6.45. The molecule has 1 saturated heterocycles. The lowest BCUT2D eigenvalue weighted by Crippen LogP contribution is -2.48. The first-order valence-electron chi connectivity index (χ1n) is 6.45. The Bertz CT molecular complexity index is 306. The molecule has 0 saturated carbocycles. The number of amides is 1. The van der Waals surface area contributed by atoms with Crippen molar-refractivity contribution >= 4 is 5.91 Å². The van der Waals surface area contributed by atoms with Gasteiger partial charge < -0.3 is 5.32 Å². The molecule has 1 atom stereocenters. The van der Waals surface area contributed by atoms with Crippen molar-refractivity contribution in [1.29, 1.82) is 5.26 Å². The molecule has 0 bridgehead atoms. The molecule has 0 aromatic carbocycles. The van der Waals surface area contributed by atoms with Crippen molar-refractivity contribution in [2.75, 3.05) is 19.6 Å². The molecule has 0 aromatic rings. The van der Waals surface area contributed by atoms with Crippen molar-refractivity contribution in [3.05, 3.63) is 0 Å². The van der Waals surface area contributed by atoms with Gasteiger partial charge in [0.15, 0.2) is 0 Å². The van der Waals surface area contributed by atoms with Gasteiger partial charge in [0, 0.05) is 12.6 Å². The molecule has 0 spiro atoms. The van der Waals surface area contributed by atoms with Gasteiger partial charge in [-0.15, -0.1) is 0 Å². The fraction of sp³-hybridized carbons (Fsp3) is 0.846. The Labute approximate surface area is 104 Å². The summed E-state index contributed by atoms with van der Waals surface area (Å²) in [5.41, 5.74) is -0.925. The average Bonchev–Trinajstić information content (AvgIpc) is 2.36. The van der Waals surface area contributed by atoms with Gasteiger partial charge in [-0.3, -0.25) is 9.69 Å². The van der Waals surface area contributed by atoms with E-state index in [0.717, 1.165) is 19.5 Å². The highest BCUT2D eigenvalue weighted by molar-refractivity contribution is 5.84. The minimum absolute atomic E-state index is 0.165. The van der Waals surface area contributed by atoms with E-state index in [0.29, 0.717) is 12.6 Å². The van der Waals surface area contributed by atoms with Crippen LogP contribution in [0, 0.1) is 16.7 Å². The standard InChI is InChI=1S/C13H23N3O/c1-4-16-8-6-5-7-11(16)9-15-12(17)13(2,3)10-14/h11H,4-9H2,1-3H3,(H,15,17). The summed E-state index contributed by atoms with van der Waals surface area (Å²) in [5.74, 6) is -0.165. The lowest BCUT2D eigenvalue weighted by Gasteiger charge is -2.35. The Hall–Kier alpha value is -1.08. The molecule has 1 aliphatic heterocycles. The van der Waals surface area contributed by atoms with Gasteiger partial charge in [-0.1, -0.05) is 13.3 Å². The van der Waals surface area contributed by atoms with E-state index in [9.17, 15) is 4.79 Å². The summed E-state index contributed by atoms with van der Waals surface area (Å²) in [5, 5.41) is 11.8. The van der Waals surface area contributed by atoms with Crippen LogP contribution in [0.25, 0.3) is 0 Å². The molecule has 4 heteroatoms. The largest absolute Gasteiger partial charge is 0.353 e. The van der Waals surface area contributed by atoms with Crippen LogP contribution in [0.2, 0.25) is 0 Å². The summed E-state index contributed by atoms with van der Waals surface area (Å²) in [6.45, 7) is 8.28. The number of rotatable bonds is 4. The second-order valence-electron chi connectivity index (χ2n) is 5.23. The normalized spacial score (nSPS) is 21.9. The van der Waals surface area contributed by atoms with E-state index in [4.69, 9.17) is 5.26 Å². The number of nitrogens with one attached hydrogen (secondary N) is 1. The van der Waals surface area contributed by atoms with Gasteiger partial charge >= 0.3 is 0 Å². The number of likely N-dealkylation sites (N-methyl/N-ethyl adjacent to an activating group) is 1. The van der Waals surface area contributed by atoms with Gasteiger partial charge in [0.05, 0.1) is 6.07 Å². The van der Waals surface area contributed by atoms with Crippen molar-refractivity contribution in [1.82, 2.24) is 10.2 Å². The third kappa shape index (κ3) is 3.71. The van der Waals surface area contributed by atoms with E-state index in [-0.39, 0.29) is 5.91 Å². The van der Waals surface area contributed by atoms with Crippen LogP contribution in [0.5, 0.6) is 0 Å². The Balaban J connectivity index is 2.44. The number of carbonyl (C=O) groups excluding carboxylic acids is 1. The van der Waals surface area contributed by atoms with Crippen LogP contribution in [0.4, 0.5) is 0 Å². The summed E-state index contributed by atoms with van der Waals surface area (Å²) < 4.78 is 0. The van der Waals surface area contributed by atoms with E-state index in [1.165, 1.54) is 12.8 Å². The summed E-state index contributed by atoms with van der Waals surface area (Å²) in [7, 11) is 0. The van der Waals surface area contributed by atoms with E-state index >= 15 is 0 Å². The highest BCUT2D eigenvalue weighted by atomic mass is 16.2.